The molecule has 0 radical (unpaired) electrons. The van der Waals surface area contributed by atoms with Crippen LogP contribution in [0.25, 0.3) is 6.08 Å². The summed E-state index contributed by atoms with van der Waals surface area (Å²) in [5.41, 5.74) is 0.984. The molecule has 0 aliphatic heterocycles. The highest BCUT2D eigenvalue weighted by molar-refractivity contribution is 8.02. The minimum atomic E-state index is -0.213. The maximum absolute atomic E-state index is 12.7. The largest absolute Gasteiger partial charge is 0.497 e. The van der Waals surface area contributed by atoms with E-state index in [4.69, 9.17) is 4.74 Å². The molecule has 0 amide bonds. The van der Waals surface area contributed by atoms with Gasteiger partial charge < -0.3 is 4.74 Å². The number of halogens is 1. The van der Waals surface area contributed by atoms with Gasteiger partial charge in [-0.05, 0) is 53.4 Å². The number of hydrogen-bond donors (Lipinski definition) is 0. The lowest BCUT2D eigenvalue weighted by molar-refractivity contribution is 0.414. The van der Waals surface area contributed by atoms with E-state index in [-0.39, 0.29) is 5.82 Å². The van der Waals surface area contributed by atoms with E-state index >= 15 is 0 Å². The number of rotatable bonds is 4. The van der Waals surface area contributed by atoms with E-state index in [1.165, 1.54) is 12.1 Å². The van der Waals surface area contributed by atoms with Crippen LogP contribution in [-0.2, 0) is 0 Å². The molecule has 0 bridgehead atoms. The Morgan fingerprint density at radius 1 is 1.00 bits per heavy atom. The van der Waals surface area contributed by atoms with Crippen molar-refractivity contribution in [2.75, 3.05) is 7.11 Å². The van der Waals surface area contributed by atoms with Crippen LogP contribution in [0.3, 0.4) is 0 Å². The minimum Gasteiger partial charge on any atom is -0.497 e. The Hall–Kier alpha value is -1.74. The molecule has 18 heavy (non-hydrogen) atoms. The molecule has 0 fully saturated rings. The third-order valence-corrected chi connectivity index (χ3v) is 3.21. The van der Waals surface area contributed by atoms with Gasteiger partial charge in [0.1, 0.15) is 11.6 Å². The summed E-state index contributed by atoms with van der Waals surface area (Å²) in [4.78, 5) is 1.13. The lowest BCUT2D eigenvalue weighted by atomic mass is 10.2. The molecule has 0 aliphatic carbocycles. The van der Waals surface area contributed by atoms with E-state index in [1.54, 1.807) is 31.0 Å². The van der Waals surface area contributed by atoms with Crippen molar-refractivity contribution >= 4 is 17.8 Å². The lowest BCUT2D eigenvalue weighted by Crippen LogP contribution is -1.80. The molecule has 0 N–H and O–H groups in total. The van der Waals surface area contributed by atoms with Gasteiger partial charge >= 0.3 is 0 Å². The van der Waals surface area contributed by atoms with Crippen molar-refractivity contribution < 1.29 is 9.13 Å². The van der Waals surface area contributed by atoms with Gasteiger partial charge in [0.2, 0.25) is 0 Å². The highest BCUT2D eigenvalue weighted by Crippen LogP contribution is 2.23. The molecule has 0 aromatic heterocycles. The molecule has 0 aliphatic rings. The molecule has 0 saturated carbocycles. The quantitative estimate of drug-likeness (QED) is 0.743. The minimum absolute atomic E-state index is 0.213. The average Bonchev–Trinajstić information content (AvgIpc) is 2.42. The molecule has 2 aromatic rings. The van der Waals surface area contributed by atoms with Crippen LogP contribution in [0.1, 0.15) is 5.56 Å². The van der Waals surface area contributed by atoms with Gasteiger partial charge in [-0.15, -0.1) is 0 Å². The van der Waals surface area contributed by atoms with Crippen molar-refractivity contribution in [3.63, 3.8) is 0 Å². The molecule has 0 atom stereocenters. The Balaban J connectivity index is 1.95. The fraction of sp³-hybridized carbons (Fsp3) is 0.0667. The van der Waals surface area contributed by atoms with E-state index < -0.39 is 0 Å². The summed E-state index contributed by atoms with van der Waals surface area (Å²) in [5.74, 6) is 0.636. The monoisotopic (exact) mass is 260 g/mol. The highest BCUT2D eigenvalue weighted by Gasteiger charge is 1.93. The van der Waals surface area contributed by atoms with Crippen molar-refractivity contribution in [3.8, 4) is 5.75 Å². The van der Waals surface area contributed by atoms with E-state index in [0.717, 1.165) is 16.2 Å². The van der Waals surface area contributed by atoms with Gasteiger partial charge in [-0.2, -0.15) is 0 Å². The summed E-state index contributed by atoms with van der Waals surface area (Å²) in [6, 6.07) is 14.3. The van der Waals surface area contributed by atoms with Gasteiger partial charge in [-0.25, -0.2) is 4.39 Å². The highest BCUT2D eigenvalue weighted by atomic mass is 32.2. The van der Waals surface area contributed by atoms with Crippen LogP contribution in [0.5, 0.6) is 5.75 Å². The molecule has 2 aromatic carbocycles. The normalized spacial score (nSPS) is 10.8. The summed E-state index contributed by atoms with van der Waals surface area (Å²) < 4.78 is 17.8. The predicted molar refractivity (Wildman–Crippen MR) is 74.3 cm³/mol. The van der Waals surface area contributed by atoms with Crippen LogP contribution in [0.15, 0.2) is 58.8 Å². The topological polar surface area (TPSA) is 9.23 Å². The molecule has 2 rings (SSSR count). The third kappa shape index (κ3) is 3.64. The molecular formula is C15H13FOS. The molecule has 0 saturated heterocycles. The lowest BCUT2D eigenvalue weighted by Gasteiger charge is -2.00. The van der Waals surface area contributed by atoms with E-state index in [1.807, 2.05) is 35.7 Å². The average molecular weight is 260 g/mol. The van der Waals surface area contributed by atoms with Gasteiger partial charge in [-0.3, -0.25) is 0 Å². The Morgan fingerprint density at radius 3 is 2.28 bits per heavy atom. The van der Waals surface area contributed by atoms with E-state index in [0.29, 0.717) is 0 Å². The maximum atomic E-state index is 12.7. The Bertz CT molecular complexity index is 517. The number of ether oxygens (including phenoxy) is 1. The summed E-state index contributed by atoms with van der Waals surface area (Å²) in [6.45, 7) is 0. The molecule has 0 spiro atoms. The third-order valence-electron chi connectivity index (χ3n) is 2.39. The summed E-state index contributed by atoms with van der Waals surface area (Å²) in [6.07, 6.45) is 1.95. The second-order valence-corrected chi connectivity index (χ2v) is 4.63. The molecular weight excluding hydrogens is 247 g/mol. The number of methoxy groups -OCH3 is 1. The molecule has 92 valence electrons. The van der Waals surface area contributed by atoms with Crippen molar-refractivity contribution in [1.29, 1.82) is 0 Å². The molecule has 0 heterocycles. The zero-order valence-electron chi connectivity index (χ0n) is 9.97. The maximum Gasteiger partial charge on any atom is 0.123 e. The SMILES string of the molecule is COc1ccc(S/C=C/c2ccc(F)cc2)cc1. The zero-order valence-corrected chi connectivity index (χ0v) is 10.8. The van der Waals surface area contributed by atoms with Gasteiger partial charge in [0.05, 0.1) is 7.11 Å². The molecule has 0 unspecified atom stereocenters. The summed E-state index contributed by atoms with van der Waals surface area (Å²) in [7, 11) is 1.65. The van der Waals surface area contributed by atoms with Crippen molar-refractivity contribution in [3.05, 3.63) is 65.3 Å². The van der Waals surface area contributed by atoms with Crippen molar-refractivity contribution in [2.45, 2.75) is 4.90 Å². The first-order valence-electron chi connectivity index (χ1n) is 5.51. The van der Waals surface area contributed by atoms with Crippen LogP contribution < -0.4 is 4.74 Å². The van der Waals surface area contributed by atoms with Gasteiger partial charge in [0, 0.05) is 4.90 Å². The molecule has 1 nitrogen and oxygen atoms in total. The van der Waals surface area contributed by atoms with Crippen molar-refractivity contribution in [1.82, 2.24) is 0 Å². The van der Waals surface area contributed by atoms with Gasteiger partial charge in [0.15, 0.2) is 0 Å². The Kier molecular flexibility index (Phi) is 4.42. The van der Waals surface area contributed by atoms with Gasteiger partial charge in [0.25, 0.3) is 0 Å². The van der Waals surface area contributed by atoms with Crippen LogP contribution in [-0.4, -0.2) is 7.11 Å². The van der Waals surface area contributed by atoms with E-state index in [2.05, 4.69) is 0 Å². The Morgan fingerprint density at radius 2 is 1.67 bits per heavy atom. The van der Waals surface area contributed by atoms with Crippen molar-refractivity contribution in [2.24, 2.45) is 0 Å². The number of benzene rings is 2. The fourth-order valence-electron chi connectivity index (χ4n) is 1.42. The summed E-state index contributed by atoms with van der Waals surface area (Å²) >= 11 is 1.61. The second kappa shape index (κ2) is 6.26. The predicted octanol–water partition coefficient (Wildman–Crippen LogP) is 4.60. The number of thioether (sulfide) groups is 1. The summed E-state index contributed by atoms with van der Waals surface area (Å²) in [5, 5.41) is 1.98. The zero-order chi connectivity index (χ0) is 12.8. The van der Waals surface area contributed by atoms with Crippen LogP contribution in [0.2, 0.25) is 0 Å². The Labute approximate surface area is 110 Å². The van der Waals surface area contributed by atoms with Gasteiger partial charge in [-0.1, -0.05) is 23.9 Å². The van der Waals surface area contributed by atoms with Crippen LogP contribution in [0, 0.1) is 5.82 Å². The number of hydrogen-bond acceptors (Lipinski definition) is 2. The first-order valence-corrected chi connectivity index (χ1v) is 6.39. The van der Waals surface area contributed by atoms with Crippen LogP contribution in [0.4, 0.5) is 4.39 Å². The smallest absolute Gasteiger partial charge is 0.123 e. The van der Waals surface area contributed by atoms with Crippen LogP contribution >= 0.6 is 11.8 Å². The first-order chi connectivity index (χ1) is 8.78. The standard InChI is InChI=1S/C15H13FOS/c1-17-14-6-8-15(9-7-14)18-11-10-12-2-4-13(16)5-3-12/h2-11H,1H3/b11-10+. The first kappa shape index (κ1) is 12.7. The fourth-order valence-corrected chi connectivity index (χ4v) is 2.09. The second-order valence-electron chi connectivity index (χ2n) is 3.65. The van der Waals surface area contributed by atoms with E-state index in [9.17, 15) is 4.39 Å². The molecule has 3 heteroatoms.